The summed E-state index contributed by atoms with van der Waals surface area (Å²) in [5.41, 5.74) is 3.86. The molecular formula is C24H32N4O2. The molecule has 1 N–H and O–H groups in total. The first kappa shape index (κ1) is 20.7. The van der Waals surface area contributed by atoms with Gasteiger partial charge in [-0.15, -0.1) is 0 Å². The molecule has 2 aliphatic rings. The van der Waals surface area contributed by atoms with Gasteiger partial charge in [0.2, 0.25) is 5.88 Å². The second-order valence-electron chi connectivity index (χ2n) is 8.49. The van der Waals surface area contributed by atoms with Crippen molar-refractivity contribution in [2.24, 2.45) is 10.4 Å². The van der Waals surface area contributed by atoms with Gasteiger partial charge in [-0.25, -0.2) is 9.98 Å². The number of pyridine rings is 1. The van der Waals surface area contributed by atoms with Gasteiger partial charge in [-0.1, -0.05) is 6.07 Å². The van der Waals surface area contributed by atoms with Gasteiger partial charge in [-0.05, 0) is 68.5 Å². The zero-order valence-electron chi connectivity index (χ0n) is 18.3. The molecule has 0 bridgehead atoms. The molecule has 1 spiro atoms. The first-order valence-corrected chi connectivity index (χ1v) is 10.9. The maximum Gasteiger partial charge on any atom is 0.219 e. The standard InChI is InChI=1S/C24H32N4O2/c1-4-25-23(28-11-8-24(16-28)9-12-29-17-24)27-15-20-7-10-26-22(14-20)30-21-6-5-18(2)19(3)13-21/h5-7,10,13-14H,4,8-9,11-12,15-17H2,1-3H3,(H,25,27). The number of aromatic nitrogens is 1. The summed E-state index contributed by atoms with van der Waals surface area (Å²) in [6, 6.07) is 10.1. The van der Waals surface area contributed by atoms with Crippen molar-refractivity contribution in [3.8, 4) is 11.6 Å². The van der Waals surface area contributed by atoms with Crippen molar-refractivity contribution in [3.05, 3.63) is 53.2 Å². The Hall–Kier alpha value is -2.60. The molecule has 0 amide bonds. The largest absolute Gasteiger partial charge is 0.439 e. The molecule has 6 nitrogen and oxygen atoms in total. The first-order valence-electron chi connectivity index (χ1n) is 10.9. The lowest BCUT2D eigenvalue weighted by Gasteiger charge is -2.25. The SMILES string of the molecule is CCNC(=NCc1ccnc(Oc2ccc(C)c(C)c2)c1)N1CCC2(CCOC2)C1. The van der Waals surface area contributed by atoms with Gasteiger partial charge in [0.25, 0.3) is 0 Å². The molecule has 30 heavy (non-hydrogen) atoms. The Balaban J connectivity index is 1.43. The molecule has 4 rings (SSSR count). The fourth-order valence-corrected chi connectivity index (χ4v) is 4.18. The third-order valence-corrected chi connectivity index (χ3v) is 6.17. The lowest BCUT2D eigenvalue weighted by atomic mass is 9.87. The molecule has 0 aliphatic carbocycles. The number of likely N-dealkylation sites (tertiary alicyclic amines) is 1. The number of guanidine groups is 1. The molecular weight excluding hydrogens is 376 g/mol. The van der Waals surface area contributed by atoms with E-state index in [4.69, 9.17) is 14.5 Å². The van der Waals surface area contributed by atoms with Crippen LogP contribution in [0.1, 0.15) is 36.5 Å². The predicted molar refractivity (Wildman–Crippen MR) is 119 cm³/mol. The van der Waals surface area contributed by atoms with E-state index in [9.17, 15) is 0 Å². The van der Waals surface area contributed by atoms with Crippen molar-refractivity contribution in [1.82, 2.24) is 15.2 Å². The quantitative estimate of drug-likeness (QED) is 0.597. The minimum Gasteiger partial charge on any atom is -0.439 e. The monoisotopic (exact) mass is 408 g/mol. The van der Waals surface area contributed by atoms with Crippen molar-refractivity contribution in [3.63, 3.8) is 0 Å². The smallest absolute Gasteiger partial charge is 0.219 e. The highest BCUT2D eigenvalue weighted by Crippen LogP contribution is 2.38. The van der Waals surface area contributed by atoms with E-state index >= 15 is 0 Å². The molecule has 6 heteroatoms. The van der Waals surface area contributed by atoms with E-state index < -0.39 is 0 Å². The van der Waals surface area contributed by atoms with E-state index in [0.29, 0.717) is 17.8 Å². The average molecular weight is 409 g/mol. The van der Waals surface area contributed by atoms with E-state index in [1.165, 1.54) is 17.5 Å². The molecule has 1 aromatic carbocycles. The van der Waals surface area contributed by atoms with Gasteiger partial charge in [-0.2, -0.15) is 0 Å². The minimum atomic E-state index is 0.319. The Morgan fingerprint density at radius 1 is 1.23 bits per heavy atom. The fraction of sp³-hybridized carbons (Fsp3) is 0.500. The van der Waals surface area contributed by atoms with Crippen molar-refractivity contribution in [2.45, 2.75) is 40.2 Å². The molecule has 2 fully saturated rings. The van der Waals surface area contributed by atoms with Crippen LogP contribution in [0.5, 0.6) is 11.6 Å². The molecule has 2 aliphatic heterocycles. The highest BCUT2D eigenvalue weighted by molar-refractivity contribution is 5.80. The maximum atomic E-state index is 5.97. The average Bonchev–Trinajstić information content (AvgIpc) is 3.38. The summed E-state index contributed by atoms with van der Waals surface area (Å²) in [4.78, 5) is 11.6. The molecule has 1 atom stereocenters. The summed E-state index contributed by atoms with van der Waals surface area (Å²) in [6.07, 6.45) is 4.13. The van der Waals surface area contributed by atoms with Crippen LogP contribution in [0.2, 0.25) is 0 Å². The number of aliphatic imine (C=N–C) groups is 1. The number of nitrogens with one attached hydrogen (secondary N) is 1. The van der Waals surface area contributed by atoms with Gasteiger partial charge < -0.3 is 19.7 Å². The van der Waals surface area contributed by atoms with Gasteiger partial charge in [0, 0.05) is 43.9 Å². The Labute approximate surface area is 179 Å². The molecule has 0 radical (unpaired) electrons. The third-order valence-electron chi connectivity index (χ3n) is 6.17. The summed E-state index contributed by atoms with van der Waals surface area (Å²) < 4.78 is 11.6. The molecule has 160 valence electrons. The van der Waals surface area contributed by atoms with Crippen LogP contribution >= 0.6 is 0 Å². The van der Waals surface area contributed by atoms with Gasteiger partial charge in [-0.3, -0.25) is 0 Å². The Bertz CT molecular complexity index is 906. The van der Waals surface area contributed by atoms with Gasteiger partial charge >= 0.3 is 0 Å². The van der Waals surface area contributed by atoms with Crippen molar-refractivity contribution in [2.75, 3.05) is 32.8 Å². The zero-order chi connectivity index (χ0) is 21.0. The van der Waals surface area contributed by atoms with Crippen molar-refractivity contribution >= 4 is 5.96 Å². The minimum absolute atomic E-state index is 0.319. The molecule has 3 heterocycles. The van der Waals surface area contributed by atoms with E-state index in [0.717, 1.165) is 56.5 Å². The van der Waals surface area contributed by atoms with Crippen LogP contribution in [0, 0.1) is 19.3 Å². The summed E-state index contributed by atoms with van der Waals surface area (Å²) in [7, 11) is 0. The van der Waals surface area contributed by atoms with Crippen LogP contribution in [0.3, 0.4) is 0 Å². The Morgan fingerprint density at radius 3 is 2.90 bits per heavy atom. The predicted octanol–water partition coefficient (Wildman–Crippen LogP) is 4.07. The molecule has 2 saturated heterocycles. The van der Waals surface area contributed by atoms with E-state index in [1.807, 2.05) is 24.3 Å². The highest BCUT2D eigenvalue weighted by atomic mass is 16.5. The van der Waals surface area contributed by atoms with Crippen LogP contribution in [-0.4, -0.2) is 48.7 Å². The summed E-state index contributed by atoms with van der Waals surface area (Å²) >= 11 is 0. The molecule has 1 unspecified atom stereocenters. The van der Waals surface area contributed by atoms with E-state index in [1.54, 1.807) is 6.20 Å². The van der Waals surface area contributed by atoms with Crippen LogP contribution in [-0.2, 0) is 11.3 Å². The summed E-state index contributed by atoms with van der Waals surface area (Å²) in [5, 5.41) is 3.46. The Kier molecular flexibility index (Phi) is 6.23. The fourth-order valence-electron chi connectivity index (χ4n) is 4.18. The number of hydrogen-bond acceptors (Lipinski definition) is 4. The summed E-state index contributed by atoms with van der Waals surface area (Å²) in [6.45, 7) is 11.6. The topological polar surface area (TPSA) is 59.0 Å². The van der Waals surface area contributed by atoms with Crippen molar-refractivity contribution in [1.29, 1.82) is 0 Å². The van der Waals surface area contributed by atoms with Crippen molar-refractivity contribution < 1.29 is 9.47 Å². The number of ether oxygens (including phenoxy) is 2. The second kappa shape index (κ2) is 9.04. The summed E-state index contributed by atoms with van der Waals surface area (Å²) in [5.74, 6) is 2.38. The lowest BCUT2D eigenvalue weighted by molar-refractivity contribution is 0.156. The number of aryl methyl sites for hydroxylation is 2. The molecule has 1 aromatic heterocycles. The first-order chi connectivity index (χ1) is 14.6. The van der Waals surface area contributed by atoms with Crippen LogP contribution < -0.4 is 10.1 Å². The van der Waals surface area contributed by atoms with Crippen LogP contribution in [0.15, 0.2) is 41.5 Å². The number of rotatable bonds is 5. The van der Waals surface area contributed by atoms with Gasteiger partial charge in [0.15, 0.2) is 5.96 Å². The molecule has 0 saturated carbocycles. The lowest BCUT2D eigenvalue weighted by Crippen LogP contribution is -2.41. The van der Waals surface area contributed by atoms with Gasteiger partial charge in [0.1, 0.15) is 5.75 Å². The van der Waals surface area contributed by atoms with Gasteiger partial charge in [0.05, 0.1) is 13.2 Å². The normalized spacial score (nSPS) is 21.4. The maximum absolute atomic E-state index is 5.97. The second-order valence-corrected chi connectivity index (χ2v) is 8.49. The number of benzene rings is 1. The van der Waals surface area contributed by atoms with Crippen LogP contribution in [0.4, 0.5) is 0 Å². The molecule has 2 aromatic rings. The number of hydrogen-bond donors (Lipinski definition) is 1. The highest BCUT2D eigenvalue weighted by Gasteiger charge is 2.42. The van der Waals surface area contributed by atoms with Crippen LogP contribution in [0.25, 0.3) is 0 Å². The van der Waals surface area contributed by atoms with E-state index in [2.05, 4.69) is 42.0 Å². The van der Waals surface area contributed by atoms with E-state index in [-0.39, 0.29) is 0 Å². The number of nitrogens with zero attached hydrogens (tertiary/aromatic N) is 3. The zero-order valence-corrected chi connectivity index (χ0v) is 18.3. The Morgan fingerprint density at radius 2 is 2.13 bits per heavy atom. The third kappa shape index (κ3) is 4.75.